The molecule has 2 aliphatic rings. The van der Waals surface area contributed by atoms with E-state index in [2.05, 4.69) is 41.1 Å². The molecule has 1 aromatic carbocycles. The van der Waals surface area contributed by atoms with Crippen LogP contribution in [0.2, 0.25) is 0 Å². The van der Waals surface area contributed by atoms with Crippen molar-refractivity contribution in [1.82, 2.24) is 15.1 Å². The molecule has 0 aliphatic carbocycles. The maximum Gasteiger partial charge on any atom is 0.231 e. The lowest BCUT2D eigenvalue weighted by molar-refractivity contribution is -0.121. The normalized spacial score (nSPS) is 17.9. The van der Waals surface area contributed by atoms with Gasteiger partial charge in [0, 0.05) is 52.2 Å². The van der Waals surface area contributed by atoms with E-state index in [0.29, 0.717) is 19.1 Å². The van der Waals surface area contributed by atoms with Crippen LogP contribution in [0, 0.1) is 5.92 Å². The number of nitrogens with one attached hydrogen (secondary N) is 1. The average Bonchev–Trinajstić information content (AvgIpc) is 3.07. The van der Waals surface area contributed by atoms with Crippen LogP contribution in [-0.2, 0) is 11.3 Å². The number of nitrogens with zero attached hydrogens (tertiary/aromatic N) is 2. The second-order valence-corrected chi connectivity index (χ2v) is 7.25. The summed E-state index contributed by atoms with van der Waals surface area (Å²) in [6.45, 7) is 11.2. The smallest absolute Gasteiger partial charge is 0.231 e. The number of benzene rings is 1. The van der Waals surface area contributed by atoms with Crippen LogP contribution in [0.5, 0.6) is 11.5 Å². The summed E-state index contributed by atoms with van der Waals surface area (Å²) in [6.07, 6.45) is 0.592. The molecule has 1 amide bonds. The minimum atomic E-state index is 0.163. The van der Waals surface area contributed by atoms with E-state index in [4.69, 9.17) is 9.47 Å². The molecular formula is C19H29N3O3. The zero-order valence-corrected chi connectivity index (χ0v) is 15.3. The Labute approximate surface area is 150 Å². The van der Waals surface area contributed by atoms with Gasteiger partial charge in [0.2, 0.25) is 12.7 Å². The molecule has 25 heavy (non-hydrogen) atoms. The molecule has 0 radical (unpaired) electrons. The van der Waals surface area contributed by atoms with Gasteiger partial charge in [-0.05, 0) is 23.6 Å². The van der Waals surface area contributed by atoms with E-state index in [9.17, 15) is 4.79 Å². The number of carbonyl (C=O) groups excluding carboxylic acids is 1. The third kappa shape index (κ3) is 5.34. The van der Waals surface area contributed by atoms with Crippen LogP contribution in [-0.4, -0.2) is 61.8 Å². The summed E-state index contributed by atoms with van der Waals surface area (Å²) in [4.78, 5) is 16.6. The van der Waals surface area contributed by atoms with Crippen LogP contribution in [0.3, 0.4) is 0 Å². The van der Waals surface area contributed by atoms with Gasteiger partial charge in [0.15, 0.2) is 11.5 Å². The fourth-order valence-corrected chi connectivity index (χ4v) is 3.13. The van der Waals surface area contributed by atoms with Gasteiger partial charge in [0.25, 0.3) is 0 Å². The molecule has 2 heterocycles. The number of fused-ring (bicyclic) bond motifs is 1. The molecule has 0 unspecified atom stereocenters. The van der Waals surface area contributed by atoms with E-state index in [1.54, 1.807) is 0 Å². The van der Waals surface area contributed by atoms with E-state index in [1.807, 2.05) is 6.07 Å². The van der Waals surface area contributed by atoms with E-state index in [-0.39, 0.29) is 5.91 Å². The van der Waals surface area contributed by atoms with Crippen molar-refractivity contribution in [3.63, 3.8) is 0 Å². The number of carbonyl (C=O) groups is 1. The van der Waals surface area contributed by atoms with E-state index in [0.717, 1.165) is 57.3 Å². The van der Waals surface area contributed by atoms with Crippen molar-refractivity contribution in [3.05, 3.63) is 23.8 Å². The lowest BCUT2D eigenvalue weighted by Crippen LogP contribution is -2.46. The average molecular weight is 347 g/mol. The first kappa shape index (κ1) is 18.0. The van der Waals surface area contributed by atoms with Gasteiger partial charge in [-0.25, -0.2) is 0 Å². The van der Waals surface area contributed by atoms with E-state index >= 15 is 0 Å². The van der Waals surface area contributed by atoms with Crippen LogP contribution < -0.4 is 14.8 Å². The lowest BCUT2D eigenvalue weighted by Gasteiger charge is -2.34. The maximum absolute atomic E-state index is 11.8. The Balaban J connectivity index is 1.36. The number of ether oxygens (including phenoxy) is 2. The van der Waals surface area contributed by atoms with E-state index in [1.165, 1.54) is 5.56 Å². The zero-order chi connectivity index (χ0) is 17.6. The number of hydrogen-bond donors (Lipinski definition) is 1. The van der Waals surface area contributed by atoms with Gasteiger partial charge in [-0.15, -0.1) is 0 Å². The van der Waals surface area contributed by atoms with Crippen molar-refractivity contribution in [2.75, 3.05) is 46.1 Å². The standard InChI is InChI=1S/C19H29N3O3/c1-15(2)12-20-19(23)5-6-21-7-9-22(10-8-21)13-16-3-4-17-18(11-16)25-14-24-17/h3-4,11,15H,5-10,12-14H2,1-2H3,(H,20,23). The highest BCUT2D eigenvalue weighted by Gasteiger charge is 2.19. The first-order chi connectivity index (χ1) is 12.1. The van der Waals surface area contributed by atoms with Crippen molar-refractivity contribution in [3.8, 4) is 11.5 Å². The molecule has 2 aliphatic heterocycles. The molecule has 6 nitrogen and oxygen atoms in total. The molecule has 1 saturated heterocycles. The van der Waals surface area contributed by atoms with Crippen molar-refractivity contribution in [1.29, 1.82) is 0 Å². The van der Waals surface area contributed by atoms with Crippen molar-refractivity contribution < 1.29 is 14.3 Å². The molecule has 1 N–H and O–H groups in total. The number of rotatable bonds is 7. The van der Waals surface area contributed by atoms with Gasteiger partial charge < -0.3 is 19.7 Å². The molecule has 0 bridgehead atoms. The summed E-state index contributed by atoms with van der Waals surface area (Å²) in [5.41, 5.74) is 1.26. The number of piperazine rings is 1. The molecule has 1 fully saturated rings. The first-order valence-electron chi connectivity index (χ1n) is 9.20. The fourth-order valence-electron chi connectivity index (χ4n) is 3.13. The minimum Gasteiger partial charge on any atom is -0.454 e. The van der Waals surface area contributed by atoms with Gasteiger partial charge in [-0.2, -0.15) is 0 Å². The molecule has 3 rings (SSSR count). The zero-order valence-electron chi connectivity index (χ0n) is 15.3. The summed E-state index contributed by atoms with van der Waals surface area (Å²) >= 11 is 0. The van der Waals surface area contributed by atoms with Gasteiger partial charge in [0.05, 0.1) is 0 Å². The Bertz CT molecular complexity index is 583. The third-order valence-electron chi connectivity index (χ3n) is 4.67. The highest BCUT2D eigenvalue weighted by Crippen LogP contribution is 2.32. The summed E-state index contributed by atoms with van der Waals surface area (Å²) in [5, 5.41) is 2.99. The SMILES string of the molecule is CC(C)CNC(=O)CCN1CCN(Cc2ccc3c(c2)OCO3)CC1. The second kappa shape index (κ2) is 8.54. The predicted octanol–water partition coefficient (Wildman–Crippen LogP) is 1.70. The molecule has 1 aromatic rings. The molecule has 0 spiro atoms. The van der Waals surface area contributed by atoms with Crippen molar-refractivity contribution >= 4 is 5.91 Å². The van der Waals surface area contributed by atoms with Gasteiger partial charge in [0.1, 0.15) is 0 Å². The van der Waals surface area contributed by atoms with Gasteiger partial charge in [-0.3, -0.25) is 9.69 Å². The second-order valence-electron chi connectivity index (χ2n) is 7.25. The number of amides is 1. The molecule has 0 aromatic heterocycles. The Morgan fingerprint density at radius 1 is 1.12 bits per heavy atom. The summed E-state index contributed by atoms with van der Waals surface area (Å²) in [5.74, 6) is 2.35. The fraction of sp³-hybridized carbons (Fsp3) is 0.632. The molecule has 0 saturated carbocycles. The van der Waals surface area contributed by atoms with Crippen LogP contribution in [0.25, 0.3) is 0 Å². The summed E-state index contributed by atoms with van der Waals surface area (Å²) in [6, 6.07) is 6.18. The van der Waals surface area contributed by atoms with E-state index < -0.39 is 0 Å². The van der Waals surface area contributed by atoms with Gasteiger partial charge in [-0.1, -0.05) is 19.9 Å². The maximum atomic E-state index is 11.8. The Kier molecular flexibility index (Phi) is 6.15. The molecule has 0 atom stereocenters. The third-order valence-corrected chi connectivity index (χ3v) is 4.67. The number of hydrogen-bond acceptors (Lipinski definition) is 5. The Hall–Kier alpha value is -1.79. The van der Waals surface area contributed by atoms with Crippen LogP contribution >= 0.6 is 0 Å². The highest BCUT2D eigenvalue weighted by atomic mass is 16.7. The topological polar surface area (TPSA) is 54.0 Å². The highest BCUT2D eigenvalue weighted by molar-refractivity contribution is 5.76. The monoisotopic (exact) mass is 347 g/mol. The Morgan fingerprint density at radius 2 is 1.84 bits per heavy atom. The lowest BCUT2D eigenvalue weighted by atomic mass is 10.1. The predicted molar refractivity (Wildman–Crippen MR) is 96.7 cm³/mol. The van der Waals surface area contributed by atoms with Crippen LogP contribution in [0.4, 0.5) is 0 Å². The minimum absolute atomic E-state index is 0.163. The first-order valence-corrected chi connectivity index (χ1v) is 9.20. The van der Waals surface area contributed by atoms with Crippen molar-refractivity contribution in [2.45, 2.75) is 26.8 Å². The van der Waals surface area contributed by atoms with Crippen LogP contribution in [0.1, 0.15) is 25.8 Å². The summed E-state index contributed by atoms with van der Waals surface area (Å²) in [7, 11) is 0. The summed E-state index contributed by atoms with van der Waals surface area (Å²) < 4.78 is 10.8. The largest absolute Gasteiger partial charge is 0.454 e. The quantitative estimate of drug-likeness (QED) is 0.814. The molecule has 6 heteroatoms. The van der Waals surface area contributed by atoms with Crippen LogP contribution in [0.15, 0.2) is 18.2 Å². The Morgan fingerprint density at radius 3 is 2.60 bits per heavy atom. The van der Waals surface area contributed by atoms with Crippen molar-refractivity contribution in [2.24, 2.45) is 5.92 Å². The van der Waals surface area contributed by atoms with Gasteiger partial charge >= 0.3 is 0 Å². The molecular weight excluding hydrogens is 318 g/mol. The molecule has 138 valence electrons.